The van der Waals surface area contributed by atoms with E-state index in [1.54, 1.807) is 16.4 Å². The van der Waals surface area contributed by atoms with Crippen molar-refractivity contribution in [2.45, 2.75) is 32.0 Å². The quantitative estimate of drug-likeness (QED) is 0.342. The van der Waals surface area contributed by atoms with Crippen molar-refractivity contribution in [2.75, 3.05) is 25.5 Å². The summed E-state index contributed by atoms with van der Waals surface area (Å²) in [4.78, 5) is 16.7. The minimum atomic E-state index is -0.924. The van der Waals surface area contributed by atoms with Crippen molar-refractivity contribution in [1.29, 1.82) is 0 Å². The summed E-state index contributed by atoms with van der Waals surface area (Å²) in [6.45, 7) is 16.2. The van der Waals surface area contributed by atoms with Crippen LogP contribution in [0.25, 0.3) is 0 Å². The van der Waals surface area contributed by atoms with Gasteiger partial charge in [0.05, 0.1) is 18.6 Å². The number of carbonyl (C=O) groups is 1. The van der Waals surface area contributed by atoms with Crippen LogP contribution in [-0.2, 0) is 4.79 Å². The van der Waals surface area contributed by atoms with Gasteiger partial charge < -0.3 is 9.80 Å². The average Bonchev–Trinajstić information content (AvgIpc) is 2.97. The number of alkyl halides is 2. The molecule has 0 aromatic rings. The Labute approximate surface area is 153 Å². The summed E-state index contributed by atoms with van der Waals surface area (Å²) < 4.78 is 13.4. The van der Waals surface area contributed by atoms with Gasteiger partial charge in [-0.15, -0.1) is 18.2 Å². The number of hydrogen-bond acceptors (Lipinski definition) is 3. The predicted octanol–water partition coefficient (Wildman–Crippen LogP) is 4.34. The molecular weight excluding hydrogens is 347 g/mol. The number of hydrogen-bond donors (Lipinski definition) is 0. The molecule has 0 aromatic carbocycles. The summed E-state index contributed by atoms with van der Waals surface area (Å²) in [5.74, 6) is 0.172. The zero-order chi connectivity index (χ0) is 18.3. The fraction of sp³-hybridized carbons (Fsp3) is 0.500. The molecule has 134 valence electrons. The van der Waals surface area contributed by atoms with E-state index in [4.69, 9.17) is 11.6 Å². The fourth-order valence-corrected chi connectivity index (χ4v) is 3.06. The average molecular weight is 373 g/mol. The highest BCUT2D eigenvalue weighted by atomic mass is 35.5. The van der Waals surface area contributed by atoms with E-state index in [1.807, 2.05) is 24.9 Å². The van der Waals surface area contributed by atoms with Gasteiger partial charge in [-0.1, -0.05) is 31.0 Å². The van der Waals surface area contributed by atoms with E-state index < -0.39 is 11.7 Å². The van der Waals surface area contributed by atoms with E-state index in [0.717, 1.165) is 10.5 Å². The van der Waals surface area contributed by atoms with Crippen LogP contribution < -0.4 is 0 Å². The van der Waals surface area contributed by atoms with Gasteiger partial charge in [0.25, 0.3) is 0 Å². The lowest BCUT2D eigenvalue weighted by Crippen LogP contribution is -2.45. The first kappa shape index (κ1) is 20.8. The first-order valence-corrected chi connectivity index (χ1v) is 9.22. The predicted molar refractivity (Wildman–Crippen MR) is 103 cm³/mol. The molecule has 0 bridgehead atoms. The second-order valence-electron chi connectivity index (χ2n) is 6.21. The maximum Gasteiger partial charge on any atom is 0.242 e. The highest BCUT2D eigenvalue weighted by Gasteiger charge is 2.30. The van der Waals surface area contributed by atoms with Gasteiger partial charge in [0.2, 0.25) is 5.91 Å². The second kappa shape index (κ2) is 9.33. The van der Waals surface area contributed by atoms with Crippen LogP contribution >= 0.6 is 23.4 Å². The topological polar surface area (TPSA) is 23.6 Å². The number of carbonyl (C=O) groups excluding carboxylic acids is 1. The van der Waals surface area contributed by atoms with Crippen LogP contribution in [0.5, 0.6) is 0 Å². The molecule has 0 N–H and O–H groups in total. The Morgan fingerprint density at radius 3 is 2.62 bits per heavy atom. The molecule has 24 heavy (non-hydrogen) atoms. The minimum Gasteiger partial charge on any atom is -0.359 e. The Morgan fingerprint density at radius 1 is 1.50 bits per heavy atom. The largest absolute Gasteiger partial charge is 0.359 e. The molecule has 0 aliphatic carbocycles. The molecule has 6 heteroatoms. The molecule has 1 aliphatic heterocycles. The van der Waals surface area contributed by atoms with Gasteiger partial charge in [0.15, 0.2) is 0 Å². The Balaban J connectivity index is 2.99. The Bertz CT molecular complexity index is 533. The summed E-state index contributed by atoms with van der Waals surface area (Å²) in [6, 6.07) is 0. The molecule has 1 unspecified atom stereocenters. The van der Waals surface area contributed by atoms with Gasteiger partial charge >= 0.3 is 0 Å². The molecule has 1 heterocycles. The molecular formula is C18H26ClFN2OS. The van der Waals surface area contributed by atoms with Crippen LogP contribution in [0.1, 0.15) is 20.3 Å². The number of rotatable bonds is 9. The van der Waals surface area contributed by atoms with Crippen molar-refractivity contribution in [3.8, 4) is 0 Å². The Hall–Kier alpha value is -1.20. The Kier molecular flexibility index (Phi) is 8.10. The molecule has 1 atom stereocenters. The monoisotopic (exact) mass is 372 g/mol. The lowest BCUT2D eigenvalue weighted by atomic mass is 10.0. The zero-order valence-electron chi connectivity index (χ0n) is 14.4. The number of halogens is 2. The van der Waals surface area contributed by atoms with Crippen molar-refractivity contribution >= 4 is 29.3 Å². The highest BCUT2D eigenvalue weighted by molar-refractivity contribution is 8.06. The molecule has 1 rings (SSSR count). The van der Waals surface area contributed by atoms with E-state index in [0.29, 0.717) is 13.0 Å². The molecule has 0 spiro atoms. The van der Waals surface area contributed by atoms with Crippen molar-refractivity contribution in [2.24, 2.45) is 0 Å². The minimum absolute atomic E-state index is 0.0998. The van der Waals surface area contributed by atoms with Gasteiger partial charge in [0.1, 0.15) is 6.17 Å². The van der Waals surface area contributed by atoms with Crippen molar-refractivity contribution in [1.82, 2.24) is 9.80 Å². The van der Waals surface area contributed by atoms with Crippen LogP contribution in [0.4, 0.5) is 4.39 Å². The lowest BCUT2D eigenvalue weighted by Gasteiger charge is -2.36. The zero-order valence-corrected chi connectivity index (χ0v) is 16.0. The molecule has 1 saturated heterocycles. The maximum atomic E-state index is 13.4. The fourth-order valence-electron chi connectivity index (χ4n) is 2.27. The second-order valence-corrected chi connectivity index (χ2v) is 7.54. The van der Waals surface area contributed by atoms with E-state index in [-0.39, 0.29) is 24.9 Å². The third kappa shape index (κ3) is 5.71. The van der Waals surface area contributed by atoms with Crippen molar-refractivity contribution in [3.05, 3.63) is 47.9 Å². The first-order valence-electron chi connectivity index (χ1n) is 7.80. The smallest absolute Gasteiger partial charge is 0.242 e. The number of nitrogens with zero attached hydrogens (tertiary/aromatic N) is 2. The molecule has 0 saturated carbocycles. The van der Waals surface area contributed by atoms with Gasteiger partial charge in [-0.2, -0.15) is 0 Å². The van der Waals surface area contributed by atoms with Gasteiger partial charge in [-0.25, -0.2) is 4.39 Å². The molecule has 1 amide bonds. The summed E-state index contributed by atoms with van der Waals surface area (Å²) in [6.07, 6.45) is 3.10. The standard InChI is InChI=1S/C18H26ClFN2OS/c1-6-18(4,5)22(11-15(10-19)14(3)24-7-2)13-17(23)21-9-8-16(20)12-21/h6-7,11,16H,1-3,8-10,12-13H2,4-5H3/b15-11-. The van der Waals surface area contributed by atoms with Crippen molar-refractivity contribution < 1.29 is 9.18 Å². The first-order chi connectivity index (χ1) is 11.2. The number of allylic oxidation sites excluding steroid dienone is 1. The van der Waals surface area contributed by atoms with Crippen LogP contribution in [0.2, 0.25) is 0 Å². The molecule has 3 nitrogen and oxygen atoms in total. The summed E-state index contributed by atoms with van der Waals surface area (Å²) in [7, 11) is 0. The normalized spacial score (nSPS) is 18.4. The van der Waals surface area contributed by atoms with E-state index >= 15 is 0 Å². The number of amides is 1. The third-order valence-corrected chi connectivity index (χ3v) is 5.07. The third-order valence-electron chi connectivity index (χ3n) is 4.07. The molecule has 1 aliphatic rings. The van der Waals surface area contributed by atoms with Crippen LogP contribution in [0.15, 0.2) is 47.9 Å². The maximum absolute atomic E-state index is 13.4. The van der Waals surface area contributed by atoms with Crippen LogP contribution in [-0.4, -0.2) is 52.9 Å². The van der Waals surface area contributed by atoms with Gasteiger partial charge in [-0.3, -0.25) is 4.79 Å². The summed E-state index contributed by atoms with van der Waals surface area (Å²) in [5.41, 5.74) is 0.357. The van der Waals surface area contributed by atoms with E-state index in [2.05, 4.69) is 19.7 Å². The molecule has 0 aromatic heterocycles. The van der Waals surface area contributed by atoms with Gasteiger partial charge in [-0.05, 0) is 31.2 Å². The number of likely N-dealkylation sites (tertiary alicyclic amines) is 1. The molecule has 1 fully saturated rings. The Morgan fingerprint density at radius 2 is 2.17 bits per heavy atom. The highest BCUT2D eigenvalue weighted by Crippen LogP contribution is 2.27. The summed E-state index contributed by atoms with van der Waals surface area (Å²) >= 11 is 7.43. The van der Waals surface area contributed by atoms with E-state index in [9.17, 15) is 9.18 Å². The van der Waals surface area contributed by atoms with Crippen LogP contribution in [0, 0.1) is 0 Å². The van der Waals surface area contributed by atoms with Gasteiger partial charge in [0, 0.05) is 23.5 Å². The number of thioether (sulfide) groups is 1. The van der Waals surface area contributed by atoms with E-state index in [1.165, 1.54) is 11.8 Å². The van der Waals surface area contributed by atoms with Crippen molar-refractivity contribution in [3.63, 3.8) is 0 Å². The SMILES string of the molecule is C=CSC(=C)/C(=C\N(CC(=O)N1CCC(F)C1)C(C)(C)C=C)CCl. The lowest BCUT2D eigenvalue weighted by molar-refractivity contribution is -0.131. The van der Waals surface area contributed by atoms with Crippen LogP contribution in [0.3, 0.4) is 0 Å². The molecule has 0 radical (unpaired) electrons. The summed E-state index contributed by atoms with van der Waals surface area (Å²) in [5, 5.41) is 1.68.